The van der Waals surface area contributed by atoms with E-state index >= 15 is 0 Å². The molecule has 0 bridgehead atoms. The van der Waals surface area contributed by atoms with E-state index in [1.54, 1.807) is 0 Å². The Morgan fingerprint density at radius 3 is 2.46 bits per heavy atom. The van der Waals surface area contributed by atoms with Crippen LogP contribution in [-0.4, -0.2) is 31.9 Å². The molecule has 2 N–H and O–H groups in total. The lowest BCUT2D eigenvalue weighted by atomic mass is 10.3. The normalized spacial score (nSPS) is 14.4. The lowest BCUT2D eigenvalue weighted by Gasteiger charge is -2.09. The fourth-order valence-electron chi connectivity index (χ4n) is 0.774. The lowest BCUT2D eigenvalue weighted by Crippen LogP contribution is -2.33. The number of rotatable bonds is 7. The van der Waals surface area contributed by atoms with Crippen LogP contribution in [0.25, 0.3) is 0 Å². The highest BCUT2D eigenvalue weighted by atomic mass is 32.2. The molecule has 1 unspecified atom stereocenters. The Kier molecular flexibility index (Phi) is 6.28. The smallest absolute Gasteiger partial charge is 0.211 e. The molecule has 0 saturated heterocycles. The highest BCUT2D eigenvalue weighted by molar-refractivity contribution is 7.89. The van der Waals surface area contributed by atoms with Crippen LogP contribution in [0.15, 0.2) is 0 Å². The molecule has 0 rings (SSSR count). The first-order chi connectivity index (χ1) is 6.02. The first kappa shape index (κ1) is 12.9. The van der Waals surface area contributed by atoms with Gasteiger partial charge in [0.05, 0.1) is 11.9 Å². The maximum atomic E-state index is 11.2. The predicted molar refractivity (Wildman–Crippen MR) is 53.0 cm³/mol. The number of unbranched alkanes of at least 4 members (excludes halogenated alkanes) is 1. The standard InChI is InChI=1S/C8H19NO3S/c1-3-5-6-13(11,12)9-7-8(10)4-2/h8-10H,3-7H2,1-2H3. The fourth-order valence-corrected chi connectivity index (χ4v) is 2.03. The van der Waals surface area contributed by atoms with Crippen LogP contribution in [0.4, 0.5) is 0 Å². The summed E-state index contributed by atoms with van der Waals surface area (Å²) in [5, 5.41) is 9.12. The van der Waals surface area contributed by atoms with Crippen LogP contribution < -0.4 is 4.72 Å². The summed E-state index contributed by atoms with van der Waals surface area (Å²) in [5.74, 6) is 0.153. The number of sulfonamides is 1. The van der Waals surface area contributed by atoms with E-state index in [1.807, 2.05) is 13.8 Å². The highest BCUT2D eigenvalue weighted by Crippen LogP contribution is 1.94. The maximum absolute atomic E-state index is 11.2. The third kappa shape index (κ3) is 6.98. The molecule has 4 nitrogen and oxygen atoms in total. The van der Waals surface area contributed by atoms with Gasteiger partial charge in [-0.05, 0) is 12.8 Å². The second kappa shape index (κ2) is 6.34. The van der Waals surface area contributed by atoms with Crippen LogP contribution in [0.5, 0.6) is 0 Å². The zero-order valence-electron chi connectivity index (χ0n) is 8.28. The maximum Gasteiger partial charge on any atom is 0.211 e. The van der Waals surface area contributed by atoms with Gasteiger partial charge in [0.1, 0.15) is 0 Å². The van der Waals surface area contributed by atoms with E-state index in [4.69, 9.17) is 5.11 Å². The quantitative estimate of drug-likeness (QED) is 0.641. The highest BCUT2D eigenvalue weighted by Gasteiger charge is 2.10. The number of nitrogens with one attached hydrogen (secondary N) is 1. The second-order valence-corrected chi connectivity index (χ2v) is 5.01. The van der Waals surface area contributed by atoms with Crippen LogP contribution in [0, 0.1) is 0 Å². The number of aliphatic hydroxyl groups excluding tert-OH is 1. The van der Waals surface area contributed by atoms with E-state index in [9.17, 15) is 8.42 Å². The Balaban J connectivity index is 3.76. The molecule has 0 amide bonds. The van der Waals surface area contributed by atoms with Crippen molar-refractivity contribution in [3.63, 3.8) is 0 Å². The lowest BCUT2D eigenvalue weighted by molar-refractivity contribution is 0.174. The summed E-state index contributed by atoms with van der Waals surface area (Å²) >= 11 is 0. The molecular weight excluding hydrogens is 190 g/mol. The molecule has 13 heavy (non-hydrogen) atoms. The van der Waals surface area contributed by atoms with Crippen molar-refractivity contribution in [1.82, 2.24) is 4.72 Å². The monoisotopic (exact) mass is 209 g/mol. The predicted octanol–water partition coefficient (Wildman–Crippen LogP) is 0.477. The van der Waals surface area contributed by atoms with Crippen LogP contribution in [0.2, 0.25) is 0 Å². The molecule has 0 aromatic rings. The summed E-state index contributed by atoms with van der Waals surface area (Å²) in [6.45, 7) is 3.88. The summed E-state index contributed by atoms with van der Waals surface area (Å²) in [6.07, 6.45) is 1.52. The molecule has 1 atom stereocenters. The van der Waals surface area contributed by atoms with Crippen LogP contribution in [-0.2, 0) is 10.0 Å². The third-order valence-corrected chi connectivity index (χ3v) is 3.21. The summed E-state index contributed by atoms with van der Waals surface area (Å²) in [6, 6.07) is 0. The Labute approximate surface area is 80.4 Å². The second-order valence-electron chi connectivity index (χ2n) is 3.08. The van der Waals surface area contributed by atoms with Crippen LogP contribution in [0.1, 0.15) is 33.1 Å². The van der Waals surface area contributed by atoms with Gasteiger partial charge in [0.25, 0.3) is 0 Å². The van der Waals surface area contributed by atoms with Crippen LogP contribution in [0.3, 0.4) is 0 Å². The van der Waals surface area contributed by atoms with Gasteiger partial charge in [0, 0.05) is 6.54 Å². The van der Waals surface area contributed by atoms with Crippen molar-refractivity contribution in [2.24, 2.45) is 0 Å². The molecule has 0 fully saturated rings. The van der Waals surface area contributed by atoms with E-state index in [2.05, 4.69) is 4.72 Å². The summed E-state index contributed by atoms with van der Waals surface area (Å²) < 4.78 is 24.7. The third-order valence-electron chi connectivity index (χ3n) is 1.78. The molecule has 0 heterocycles. The molecule has 0 aromatic carbocycles. The molecule has 0 aromatic heterocycles. The van der Waals surface area contributed by atoms with Crippen molar-refractivity contribution in [2.75, 3.05) is 12.3 Å². The first-order valence-corrected chi connectivity index (χ1v) is 6.32. The summed E-state index contributed by atoms with van der Waals surface area (Å²) in [7, 11) is -3.16. The molecule has 5 heteroatoms. The van der Waals surface area contributed by atoms with Crippen LogP contribution >= 0.6 is 0 Å². The Morgan fingerprint density at radius 2 is 2.00 bits per heavy atom. The molecular formula is C8H19NO3S. The number of aliphatic hydroxyl groups is 1. The molecule has 80 valence electrons. The van der Waals surface area contributed by atoms with Crippen molar-refractivity contribution in [3.8, 4) is 0 Å². The molecule has 0 spiro atoms. The van der Waals surface area contributed by atoms with Gasteiger partial charge in [0.2, 0.25) is 10.0 Å². The number of hydrogen-bond acceptors (Lipinski definition) is 3. The molecule has 0 saturated carbocycles. The Hall–Kier alpha value is -0.130. The van der Waals surface area contributed by atoms with Crippen molar-refractivity contribution in [3.05, 3.63) is 0 Å². The van der Waals surface area contributed by atoms with Crippen molar-refractivity contribution in [2.45, 2.75) is 39.2 Å². The van der Waals surface area contributed by atoms with E-state index in [0.717, 1.165) is 6.42 Å². The topological polar surface area (TPSA) is 66.4 Å². The van der Waals surface area contributed by atoms with Crippen molar-refractivity contribution >= 4 is 10.0 Å². The van der Waals surface area contributed by atoms with Gasteiger partial charge < -0.3 is 5.11 Å². The Bertz CT molecular complexity index is 213. The van der Waals surface area contributed by atoms with Gasteiger partial charge in [0.15, 0.2) is 0 Å². The fraction of sp³-hybridized carbons (Fsp3) is 1.00. The minimum atomic E-state index is -3.16. The largest absolute Gasteiger partial charge is 0.392 e. The molecule has 0 aliphatic heterocycles. The first-order valence-electron chi connectivity index (χ1n) is 4.67. The molecule has 0 aliphatic carbocycles. The van der Waals surface area contributed by atoms with Gasteiger partial charge >= 0.3 is 0 Å². The minimum absolute atomic E-state index is 0.128. The van der Waals surface area contributed by atoms with Gasteiger partial charge in [-0.1, -0.05) is 20.3 Å². The average Bonchev–Trinajstić information content (AvgIpc) is 2.11. The average molecular weight is 209 g/mol. The van der Waals surface area contributed by atoms with Gasteiger partial charge in [-0.2, -0.15) is 0 Å². The summed E-state index contributed by atoms with van der Waals surface area (Å²) in [4.78, 5) is 0. The van der Waals surface area contributed by atoms with E-state index in [1.165, 1.54) is 0 Å². The van der Waals surface area contributed by atoms with Gasteiger partial charge in [-0.15, -0.1) is 0 Å². The molecule has 0 aliphatic rings. The summed E-state index contributed by atoms with van der Waals surface area (Å²) in [5.41, 5.74) is 0. The zero-order chi connectivity index (χ0) is 10.3. The van der Waals surface area contributed by atoms with Gasteiger partial charge in [-0.3, -0.25) is 0 Å². The minimum Gasteiger partial charge on any atom is -0.392 e. The van der Waals surface area contributed by atoms with E-state index in [-0.39, 0.29) is 12.3 Å². The van der Waals surface area contributed by atoms with E-state index in [0.29, 0.717) is 12.8 Å². The molecule has 0 radical (unpaired) electrons. The number of hydrogen-bond donors (Lipinski definition) is 2. The van der Waals surface area contributed by atoms with E-state index < -0.39 is 16.1 Å². The zero-order valence-corrected chi connectivity index (χ0v) is 9.10. The SMILES string of the molecule is CCCCS(=O)(=O)NCC(O)CC. The van der Waals surface area contributed by atoms with Crippen molar-refractivity contribution in [1.29, 1.82) is 0 Å². The Morgan fingerprint density at radius 1 is 1.38 bits per heavy atom. The van der Waals surface area contributed by atoms with Gasteiger partial charge in [-0.25, -0.2) is 13.1 Å². The van der Waals surface area contributed by atoms with Crippen molar-refractivity contribution < 1.29 is 13.5 Å².